The van der Waals surface area contributed by atoms with Gasteiger partial charge in [0.1, 0.15) is 5.75 Å². The number of nitro benzene ring substituents is 1. The maximum Gasteiger partial charge on any atom is 0.273 e. The topological polar surface area (TPSA) is 81.5 Å². The van der Waals surface area contributed by atoms with Crippen molar-refractivity contribution in [3.05, 3.63) is 69.3 Å². The molecule has 118 valence electrons. The maximum absolute atomic E-state index is 12.5. The predicted molar refractivity (Wildman–Crippen MR) is 84.6 cm³/mol. The number of hydrogen-bond donors (Lipinski definition) is 1. The second-order valence-corrected chi connectivity index (χ2v) is 5.41. The van der Waals surface area contributed by atoms with E-state index in [4.69, 9.17) is 4.74 Å². The van der Waals surface area contributed by atoms with E-state index in [-0.39, 0.29) is 17.6 Å². The van der Waals surface area contributed by atoms with Gasteiger partial charge in [0.25, 0.3) is 11.6 Å². The van der Waals surface area contributed by atoms with Gasteiger partial charge in [-0.15, -0.1) is 0 Å². The molecule has 1 heterocycles. The average Bonchev–Trinajstić information content (AvgIpc) is 2.55. The molecular formula is C17H16N2O4. The number of amides is 1. The van der Waals surface area contributed by atoms with E-state index < -0.39 is 4.92 Å². The van der Waals surface area contributed by atoms with Gasteiger partial charge < -0.3 is 10.1 Å². The Balaban J connectivity index is 1.86. The van der Waals surface area contributed by atoms with Gasteiger partial charge in [-0.1, -0.05) is 24.3 Å². The zero-order chi connectivity index (χ0) is 16.4. The van der Waals surface area contributed by atoms with E-state index in [1.165, 1.54) is 12.1 Å². The molecule has 0 aromatic heterocycles. The van der Waals surface area contributed by atoms with E-state index in [0.717, 1.165) is 11.3 Å². The number of nitrogens with one attached hydrogen (secondary N) is 1. The highest BCUT2D eigenvalue weighted by Gasteiger charge is 2.25. The SMILES string of the molecule is Cc1c(C(=O)NC2CCOc3ccccc32)cccc1[N+](=O)[O-]. The predicted octanol–water partition coefficient (Wildman–Crippen LogP) is 3.16. The number of ether oxygens (including phenoxy) is 1. The minimum atomic E-state index is -0.476. The number of fused-ring (bicyclic) bond motifs is 1. The van der Waals surface area contributed by atoms with Gasteiger partial charge in [0.05, 0.1) is 17.6 Å². The Bertz CT molecular complexity index is 773. The lowest BCUT2D eigenvalue weighted by Gasteiger charge is -2.26. The van der Waals surface area contributed by atoms with Crippen molar-refractivity contribution in [2.45, 2.75) is 19.4 Å². The molecule has 1 atom stereocenters. The summed E-state index contributed by atoms with van der Waals surface area (Å²) in [5.74, 6) is 0.452. The van der Waals surface area contributed by atoms with Crippen LogP contribution < -0.4 is 10.1 Å². The third kappa shape index (κ3) is 2.88. The molecule has 1 unspecified atom stereocenters. The van der Waals surface area contributed by atoms with E-state index >= 15 is 0 Å². The van der Waals surface area contributed by atoms with E-state index in [9.17, 15) is 14.9 Å². The highest BCUT2D eigenvalue weighted by atomic mass is 16.6. The lowest BCUT2D eigenvalue weighted by molar-refractivity contribution is -0.385. The standard InChI is InChI=1S/C17H16N2O4/c1-11-12(6-4-7-15(11)19(21)22)17(20)18-14-9-10-23-16-8-3-2-5-13(14)16/h2-8,14H,9-10H2,1H3,(H,18,20). The van der Waals surface area contributed by atoms with Crippen molar-refractivity contribution in [2.24, 2.45) is 0 Å². The van der Waals surface area contributed by atoms with Crippen LogP contribution in [0.25, 0.3) is 0 Å². The Morgan fingerprint density at radius 1 is 1.26 bits per heavy atom. The summed E-state index contributed by atoms with van der Waals surface area (Å²) in [5.41, 5.74) is 1.57. The first kappa shape index (κ1) is 15.0. The quantitative estimate of drug-likeness (QED) is 0.697. The smallest absolute Gasteiger partial charge is 0.273 e. The number of carbonyl (C=O) groups is 1. The summed E-state index contributed by atoms with van der Waals surface area (Å²) in [4.78, 5) is 23.1. The van der Waals surface area contributed by atoms with Crippen LogP contribution in [0.5, 0.6) is 5.75 Å². The number of para-hydroxylation sites is 1. The fourth-order valence-electron chi connectivity index (χ4n) is 2.80. The summed E-state index contributed by atoms with van der Waals surface area (Å²) >= 11 is 0. The molecule has 0 aliphatic carbocycles. The van der Waals surface area contributed by atoms with Crippen LogP contribution >= 0.6 is 0 Å². The molecule has 6 nitrogen and oxygen atoms in total. The molecule has 1 aliphatic heterocycles. The number of nitro groups is 1. The molecule has 1 amide bonds. The summed E-state index contributed by atoms with van der Waals surface area (Å²) in [6.45, 7) is 2.11. The molecular weight excluding hydrogens is 296 g/mol. The summed E-state index contributed by atoms with van der Waals surface area (Å²) in [6.07, 6.45) is 0.663. The average molecular weight is 312 g/mol. The summed E-state index contributed by atoms with van der Waals surface area (Å²) in [6, 6.07) is 11.9. The maximum atomic E-state index is 12.5. The van der Waals surface area contributed by atoms with Gasteiger partial charge in [-0.05, 0) is 19.1 Å². The number of carbonyl (C=O) groups excluding carboxylic acids is 1. The number of benzene rings is 2. The molecule has 0 saturated carbocycles. The molecule has 3 rings (SSSR count). The Labute approximate surface area is 133 Å². The van der Waals surface area contributed by atoms with E-state index in [0.29, 0.717) is 24.2 Å². The van der Waals surface area contributed by atoms with Crippen LogP contribution in [0.3, 0.4) is 0 Å². The second kappa shape index (κ2) is 6.08. The Hall–Kier alpha value is -2.89. The van der Waals surface area contributed by atoms with Gasteiger partial charge in [0, 0.05) is 29.2 Å². The molecule has 1 N–H and O–H groups in total. The third-order valence-corrected chi connectivity index (χ3v) is 4.01. The van der Waals surface area contributed by atoms with Gasteiger partial charge in [0.2, 0.25) is 0 Å². The normalized spacial score (nSPS) is 16.1. The minimum Gasteiger partial charge on any atom is -0.493 e. The van der Waals surface area contributed by atoms with Crippen LogP contribution in [0, 0.1) is 17.0 Å². The Morgan fingerprint density at radius 3 is 2.83 bits per heavy atom. The fourth-order valence-corrected chi connectivity index (χ4v) is 2.80. The second-order valence-electron chi connectivity index (χ2n) is 5.41. The van der Waals surface area contributed by atoms with Crippen LogP contribution in [0.15, 0.2) is 42.5 Å². The lowest BCUT2D eigenvalue weighted by atomic mass is 9.99. The Morgan fingerprint density at radius 2 is 2.04 bits per heavy atom. The monoisotopic (exact) mass is 312 g/mol. The zero-order valence-corrected chi connectivity index (χ0v) is 12.6. The highest BCUT2D eigenvalue weighted by molar-refractivity contribution is 5.96. The molecule has 0 spiro atoms. The number of nitrogens with zero attached hydrogens (tertiary/aromatic N) is 1. The molecule has 6 heteroatoms. The van der Waals surface area contributed by atoms with Crippen LogP contribution in [0.2, 0.25) is 0 Å². The minimum absolute atomic E-state index is 0.0509. The van der Waals surface area contributed by atoms with Gasteiger partial charge in [-0.25, -0.2) is 0 Å². The summed E-state index contributed by atoms with van der Waals surface area (Å²) in [7, 11) is 0. The van der Waals surface area contributed by atoms with Crippen molar-refractivity contribution in [1.29, 1.82) is 0 Å². The van der Waals surface area contributed by atoms with Crippen LogP contribution in [0.4, 0.5) is 5.69 Å². The van der Waals surface area contributed by atoms with Crippen LogP contribution in [-0.4, -0.2) is 17.4 Å². The number of hydrogen-bond acceptors (Lipinski definition) is 4. The third-order valence-electron chi connectivity index (χ3n) is 4.01. The van der Waals surface area contributed by atoms with Gasteiger partial charge >= 0.3 is 0 Å². The van der Waals surface area contributed by atoms with Gasteiger partial charge in [0.15, 0.2) is 0 Å². The lowest BCUT2D eigenvalue weighted by Crippen LogP contribution is -2.32. The summed E-state index contributed by atoms with van der Waals surface area (Å²) in [5, 5.41) is 14.0. The molecule has 23 heavy (non-hydrogen) atoms. The summed E-state index contributed by atoms with van der Waals surface area (Å²) < 4.78 is 5.57. The van der Waals surface area contributed by atoms with Crippen molar-refractivity contribution in [3.8, 4) is 5.75 Å². The molecule has 2 aromatic carbocycles. The first-order valence-corrected chi connectivity index (χ1v) is 7.34. The molecule has 2 aromatic rings. The van der Waals surface area contributed by atoms with Crippen molar-refractivity contribution >= 4 is 11.6 Å². The first-order valence-electron chi connectivity index (χ1n) is 7.34. The molecule has 0 bridgehead atoms. The molecule has 0 fully saturated rings. The first-order chi connectivity index (χ1) is 11.1. The Kier molecular flexibility index (Phi) is 3.97. The highest BCUT2D eigenvalue weighted by Crippen LogP contribution is 2.32. The van der Waals surface area contributed by atoms with Crippen molar-refractivity contribution < 1.29 is 14.5 Å². The molecule has 0 saturated heterocycles. The van der Waals surface area contributed by atoms with Gasteiger partial charge in [-0.2, -0.15) is 0 Å². The largest absolute Gasteiger partial charge is 0.493 e. The van der Waals surface area contributed by atoms with E-state index in [1.807, 2.05) is 24.3 Å². The van der Waals surface area contributed by atoms with E-state index in [1.54, 1.807) is 13.0 Å². The fraction of sp³-hybridized carbons (Fsp3) is 0.235. The van der Waals surface area contributed by atoms with Crippen molar-refractivity contribution in [2.75, 3.05) is 6.61 Å². The molecule has 0 radical (unpaired) electrons. The zero-order valence-electron chi connectivity index (χ0n) is 12.6. The van der Waals surface area contributed by atoms with Crippen molar-refractivity contribution in [1.82, 2.24) is 5.32 Å². The van der Waals surface area contributed by atoms with Crippen LogP contribution in [0.1, 0.15) is 33.9 Å². The van der Waals surface area contributed by atoms with Crippen molar-refractivity contribution in [3.63, 3.8) is 0 Å². The van der Waals surface area contributed by atoms with Crippen LogP contribution in [-0.2, 0) is 0 Å². The van der Waals surface area contributed by atoms with Gasteiger partial charge in [-0.3, -0.25) is 14.9 Å². The van der Waals surface area contributed by atoms with E-state index in [2.05, 4.69) is 5.32 Å². The number of rotatable bonds is 3. The molecule has 1 aliphatic rings.